The molecule has 3 rings (SSSR count). The van der Waals surface area contributed by atoms with Crippen molar-refractivity contribution in [2.75, 3.05) is 31.6 Å². The maximum absolute atomic E-state index is 12.7. The Hall–Kier alpha value is -2.74. The lowest BCUT2D eigenvalue weighted by Crippen LogP contribution is -2.44. The van der Waals surface area contributed by atoms with Gasteiger partial charge in [0.25, 0.3) is 0 Å². The van der Waals surface area contributed by atoms with Crippen LogP contribution < -0.4 is 10.1 Å². The molecule has 1 N–H and O–H groups in total. The third kappa shape index (κ3) is 4.75. The van der Waals surface area contributed by atoms with Gasteiger partial charge in [-0.15, -0.1) is 0 Å². The Labute approximate surface area is 161 Å². The minimum atomic E-state index is -4.38. The SMILES string of the molecule is CCOc1ccccc1NC(=O)N1CCOC(c2ccc(C(F)(F)F)cc2)C1. The fraction of sp³-hybridized carbons (Fsp3) is 0.350. The number of alkyl halides is 3. The number of anilines is 1. The number of amides is 2. The van der Waals surface area contributed by atoms with Crippen LogP contribution in [0.1, 0.15) is 24.2 Å². The molecule has 1 aliphatic rings. The predicted octanol–water partition coefficient (Wildman–Crippen LogP) is 4.71. The van der Waals surface area contributed by atoms with Crippen LogP contribution in [0.3, 0.4) is 0 Å². The summed E-state index contributed by atoms with van der Waals surface area (Å²) in [6.45, 7) is 3.26. The lowest BCUT2D eigenvalue weighted by atomic mass is 10.1. The lowest BCUT2D eigenvalue weighted by Gasteiger charge is -2.33. The van der Waals surface area contributed by atoms with Crippen molar-refractivity contribution in [3.63, 3.8) is 0 Å². The van der Waals surface area contributed by atoms with E-state index in [9.17, 15) is 18.0 Å². The predicted molar refractivity (Wildman–Crippen MR) is 98.3 cm³/mol. The zero-order chi connectivity index (χ0) is 20.1. The minimum Gasteiger partial charge on any atom is -0.492 e. The van der Waals surface area contributed by atoms with E-state index in [1.807, 2.05) is 13.0 Å². The topological polar surface area (TPSA) is 50.8 Å². The highest BCUT2D eigenvalue weighted by atomic mass is 19.4. The van der Waals surface area contributed by atoms with Gasteiger partial charge in [-0.2, -0.15) is 13.2 Å². The molecule has 2 aromatic rings. The summed E-state index contributed by atoms with van der Waals surface area (Å²) < 4.78 is 49.3. The molecule has 5 nitrogen and oxygen atoms in total. The molecule has 0 aliphatic carbocycles. The van der Waals surface area contributed by atoms with Crippen LogP contribution in [0.2, 0.25) is 0 Å². The molecule has 1 heterocycles. The van der Waals surface area contributed by atoms with Crippen molar-refractivity contribution in [3.8, 4) is 5.75 Å². The second-order valence-electron chi connectivity index (χ2n) is 6.28. The van der Waals surface area contributed by atoms with E-state index in [1.54, 1.807) is 23.1 Å². The molecule has 1 atom stereocenters. The summed E-state index contributed by atoms with van der Waals surface area (Å²) >= 11 is 0. The van der Waals surface area contributed by atoms with Crippen molar-refractivity contribution in [1.29, 1.82) is 0 Å². The van der Waals surface area contributed by atoms with E-state index in [0.29, 0.717) is 36.8 Å². The maximum Gasteiger partial charge on any atom is 0.416 e. The van der Waals surface area contributed by atoms with Crippen LogP contribution in [0.4, 0.5) is 23.7 Å². The molecule has 2 amide bonds. The number of hydrogen-bond acceptors (Lipinski definition) is 3. The highest BCUT2D eigenvalue weighted by Crippen LogP contribution is 2.31. The Morgan fingerprint density at radius 3 is 2.61 bits per heavy atom. The first-order chi connectivity index (χ1) is 13.4. The maximum atomic E-state index is 12.7. The molecular weight excluding hydrogens is 373 g/mol. The average molecular weight is 394 g/mol. The minimum absolute atomic E-state index is 0.244. The quantitative estimate of drug-likeness (QED) is 0.817. The zero-order valence-corrected chi connectivity index (χ0v) is 15.3. The molecule has 0 spiro atoms. The van der Waals surface area contributed by atoms with Crippen LogP contribution >= 0.6 is 0 Å². The number of nitrogens with zero attached hydrogens (tertiary/aromatic N) is 1. The molecule has 28 heavy (non-hydrogen) atoms. The van der Waals surface area contributed by atoms with Crippen LogP contribution in [0.25, 0.3) is 0 Å². The Balaban J connectivity index is 1.67. The Morgan fingerprint density at radius 2 is 1.93 bits per heavy atom. The lowest BCUT2D eigenvalue weighted by molar-refractivity contribution is -0.137. The summed E-state index contributed by atoms with van der Waals surface area (Å²) in [5.41, 5.74) is 0.446. The van der Waals surface area contributed by atoms with Gasteiger partial charge in [0.1, 0.15) is 11.9 Å². The molecule has 0 radical (unpaired) electrons. The van der Waals surface area contributed by atoms with Gasteiger partial charge in [-0.05, 0) is 36.8 Å². The summed E-state index contributed by atoms with van der Waals surface area (Å²) in [7, 11) is 0. The number of benzene rings is 2. The van der Waals surface area contributed by atoms with E-state index in [2.05, 4.69) is 5.32 Å². The van der Waals surface area contributed by atoms with E-state index in [4.69, 9.17) is 9.47 Å². The number of morpholine rings is 1. The van der Waals surface area contributed by atoms with Crippen LogP contribution in [0, 0.1) is 0 Å². The van der Waals surface area contributed by atoms with E-state index < -0.39 is 17.8 Å². The van der Waals surface area contributed by atoms with Crippen LogP contribution in [-0.2, 0) is 10.9 Å². The molecule has 2 aromatic carbocycles. The van der Waals surface area contributed by atoms with E-state index in [0.717, 1.165) is 12.1 Å². The van der Waals surface area contributed by atoms with Crippen LogP contribution in [-0.4, -0.2) is 37.2 Å². The van der Waals surface area contributed by atoms with Gasteiger partial charge in [-0.3, -0.25) is 0 Å². The summed E-state index contributed by atoms with van der Waals surface area (Å²) in [6, 6.07) is 11.6. The second-order valence-corrected chi connectivity index (χ2v) is 6.28. The van der Waals surface area contributed by atoms with Gasteiger partial charge in [0.05, 0.1) is 31.0 Å². The zero-order valence-electron chi connectivity index (χ0n) is 15.3. The van der Waals surface area contributed by atoms with Crippen molar-refractivity contribution in [3.05, 3.63) is 59.7 Å². The van der Waals surface area contributed by atoms with Gasteiger partial charge in [-0.25, -0.2) is 4.79 Å². The highest BCUT2D eigenvalue weighted by Gasteiger charge is 2.31. The molecule has 0 aromatic heterocycles. The monoisotopic (exact) mass is 394 g/mol. The normalized spacial score (nSPS) is 17.3. The molecule has 1 fully saturated rings. The van der Waals surface area contributed by atoms with Crippen molar-refractivity contribution in [1.82, 2.24) is 4.90 Å². The molecule has 150 valence electrons. The summed E-state index contributed by atoms with van der Waals surface area (Å²) in [5.74, 6) is 0.575. The molecule has 1 unspecified atom stereocenters. The molecule has 0 saturated carbocycles. The molecule has 1 aliphatic heterocycles. The summed E-state index contributed by atoms with van der Waals surface area (Å²) in [4.78, 5) is 14.2. The van der Waals surface area contributed by atoms with Gasteiger partial charge in [0.2, 0.25) is 0 Å². The van der Waals surface area contributed by atoms with Crippen molar-refractivity contribution < 1.29 is 27.4 Å². The standard InChI is InChI=1S/C20H21F3N2O3/c1-2-27-17-6-4-3-5-16(17)24-19(26)25-11-12-28-18(13-25)14-7-9-15(10-8-14)20(21,22)23/h3-10,18H,2,11-13H2,1H3,(H,24,26). The second kappa shape index (κ2) is 8.52. The van der Waals surface area contributed by atoms with E-state index in [-0.39, 0.29) is 12.6 Å². The fourth-order valence-corrected chi connectivity index (χ4v) is 2.97. The number of para-hydroxylation sites is 2. The van der Waals surface area contributed by atoms with Gasteiger partial charge in [-0.1, -0.05) is 24.3 Å². The van der Waals surface area contributed by atoms with Gasteiger partial charge in [0, 0.05) is 6.54 Å². The van der Waals surface area contributed by atoms with Crippen molar-refractivity contribution in [2.24, 2.45) is 0 Å². The third-order valence-corrected chi connectivity index (χ3v) is 4.39. The van der Waals surface area contributed by atoms with Gasteiger partial charge < -0.3 is 19.7 Å². The number of nitrogens with one attached hydrogen (secondary N) is 1. The van der Waals surface area contributed by atoms with Crippen molar-refractivity contribution >= 4 is 11.7 Å². The Kier molecular flexibility index (Phi) is 6.08. The number of halogens is 3. The average Bonchev–Trinajstić information content (AvgIpc) is 2.69. The smallest absolute Gasteiger partial charge is 0.416 e. The number of hydrogen-bond donors (Lipinski definition) is 1. The van der Waals surface area contributed by atoms with Crippen LogP contribution in [0.5, 0.6) is 5.75 Å². The molecule has 0 bridgehead atoms. The van der Waals surface area contributed by atoms with Crippen LogP contribution in [0.15, 0.2) is 48.5 Å². The number of carbonyl (C=O) groups is 1. The van der Waals surface area contributed by atoms with E-state index in [1.165, 1.54) is 12.1 Å². The first-order valence-corrected chi connectivity index (χ1v) is 8.95. The first kappa shape index (κ1) is 20.0. The third-order valence-electron chi connectivity index (χ3n) is 4.39. The summed E-state index contributed by atoms with van der Waals surface area (Å²) in [5, 5.41) is 2.82. The Bertz CT molecular complexity index is 809. The highest BCUT2D eigenvalue weighted by molar-refractivity contribution is 5.91. The molecule has 8 heteroatoms. The Morgan fingerprint density at radius 1 is 1.21 bits per heavy atom. The van der Waals surface area contributed by atoms with E-state index >= 15 is 0 Å². The number of ether oxygens (including phenoxy) is 2. The van der Waals surface area contributed by atoms with Gasteiger partial charge >= 0.3 is 12.2 Å². The first-order valence-electron chi connectivity index (χ1n) is 8.95. The summed E-state index contributed by atoms with van der Waals surface area (Å²) in [6.07, 6.45) is -4.87. The number of urea groups is 1. The fourth-order valence-electron chi connectivity index (χ4n) is 2.97. The van der Waals surface area contributed by atoms with Crippen molar-refractivity contribution in [2.45, 2.75) is 19.2 Å². The largest absolute Gasteiger partial charge is 0.492 e. The number of carbonyl (C=O) groups excluding carboxylic acids is 1. The van der Waals surface area contributed by atoms with Gasteiger partial charge in [0.15, 0.2) is 0 Å². The molecular formula is C20H21F3N2O3. The molecule has 1 saturated heterocycles. The number of rotatable bonds is 4.